The molecule has 1 fully saturated rings. The number of ketones is 2. The smallest absolute Gasteiger partial charge is 0.414 e. The topological polar surface area (TPSA) is 92.8 Å². The van der Waals surface area contributed by atoms with Gasteiger partial charge in [0.2, 0.25) is 5.91 Å². The molecular weight excluding hydrogens is 384 g/mol. The van der Waals surface area contributed by atoms with E-state index in [1.54, 1.807) is 12.1 Å². The Morgan fingerprint density at radius 2 is 1.93 bits per heavy atom. The van der Waals surface area contributed by atoms with Gasteiger partial charge in [-0.25, -0.2) is 4.79 Å². The molecule has 1 aliphatic heterocycles. The number of nitrogens with zero attached hydrogens (tertiary/aromatic N) is 1. The van der Waals surface area contributed by atoms with Crippen molar-refractivity contribution in [3.63, 3.8) is 0 Å². The number of nitrogens with one attached hydrogen (secondary N) is 1. The summed E-state index contributed by atoms with van der Waals surface area (Å²) in [5.74, 6) is -0.684. The molecule has 1 N–H and O–H groups in total. The molecule has 2 aliphatic rings. The summed E-state index contributed by atoms with van der Waals surface area (Å²) in [4.78, 5) is 50.8. The molecule has 1 aromatic rings. The second-order valence-corrected chi connectivity index (χ2v) is 8.04. The summed E-state index contributed by atoms with van der Waals surface area (Å²) in [6.07, 6.45) is 3.56. The van der Waals surface area contributed by atoms with Crippen molar-refractivity contribution in [2.24, 2.45) is 5.92 Å². The number of carbonyl (C=O) groups is 4. The summed E-state index contributed by atoms with van der Waals surface area (Å²) < 4.78 is 5.38. The number of aryl methyl sites for hydroxylation is 1. The third kappa shape index (κ3) is 4.89. The van der Waals surface area contributed by atoms with Gasteiger partial charge < -0.3 is 10.1 Å². The second kappa shape index (κ2) is 9.87. The Kier molecular flexibility index (Phi) is 7.24. The Hall–Kier alpha value is -2.70. The molecule has 0 bridgehead atoms. The Morgan fingerprint density at radius 1 is 1.17 bits per heavy atom. The number of amides is 2. The first-order chi connectivity index (χ1) is 14.4. The number of carbonyl (C=O) groups excluding carboxylic acids is 4. The molecule has 0 unspecified atom stereocenters. The normalized spacial score (nSPS) is 21.1. The highest BCUT2D eigenvalue weighted by Crippen LogP contribution is 2.31. The van der Waals surface area contributed by atoms with Gasteiger partial charge in [-0.15, -0.1) is 0 Å². The van der Waals surface area contributed by atoms with Gasteiger partial charge in [0.1, 0.15) is 11.9 Å². The van der Waals surface area contributed by atoms with E-state index in [2.05, 4.69) is 5.32 Å². The van der Waals surface area contributed by atoms with Crippen LogP contribution < -0.4 is 10.2 Å². The largest absolute Gasteiger partial charge is 0.442 e. The lowest BCUT2D eigenvalue weighted by Gasteiger charge is -2.16. The minimum absolute atomic E-state index is 0.0236. The molecule has 30 heavy (non-hydrogen) atoms. The zero-order valence-corrected chi connectivity index (χ0v) is 17.7. The Morgan fingerprint density at radius 3 is 2.67 bits per heavy atom. The second-order valence-electron chi connectivity index (χ2n) is 8.04. The molecule has 7 heteroatoms. The number of cyclic esters (lactones) is 1. The van der Waals surface area contributed by atoms with Crippen molar-refractivity contribution in [3.8, 4) is 0 Å². The van der Waals surface area contributed by atoms with Crippen LogP contribution in [0.15, 0.2) is 18.2 Å². The van der Waals surface area contributed by atoms with E-state index in [0.717, 1.165) is 24.8 Å². The van der Waals surface area contributed by atoms with E-state index in [-0.39, 0.29) is 24.0 Å². The number of Topliss-reactive ketones (excluding diaryl/α,β-unsaturated/α-hetero) is 2. The molecule has 7 nitrogen and oxygen atoms in total. The molecule has 1 saturated heterocycles. The molecule has 1 aromatic carbocycles. The average Bonchev–Trinajstić information content (AvgIpc) is 3.01. The van der Waals surface area contributed by atoms with Crippen molar-refractivity contribution in [2.75, 3.05) is 18.0 Å². The molecule has 2 atom stereocenters. The lowest BCUT2D eigenvalue weighted by Crippen LogP contribution is -2.34. The van der Waals surface area contributed by atoms with Crippen LogP contribution in [0.2, 0.25) is 0 Å². The first-order valence-electron chi connectivity index (χ1n) is 10.9. The lowest BCUT2D eigenvalue weighted by molar-refractivity contribution is -0.122. The number of fused-ring (bicyclic) bond motifs is 1. The highest BCUT2D eigenvalue weighted by Gasteiger charge is 2.34. The fourth-order valence-electron chi connectivity index (χ4n) is 4.12. The number of ether oxygens (including phenoxy) is 1. The molecule has 0 radical (unpaired) electrons. The highest BCUT2D eigenvalue weighted by atomic mass is 16.6. The Labute approximate surface area is 177 Å². The van der Waals surface area contributed by atoms with Gasteiger partial charge >= 0.3 is 6.09 Å². The van der Waals surface area contributed by atoms with Gasteiger partial charge in [0.15, 0.2) is 5.78 Å². The minimum Gasteiger partial charge on any atom is -0.442 e. The van der Waals surface area contributed by atoms with Gasteiger partial charge in [0.25, 0.3) is 0 Å². The van der Waals surface area contributed by atoms with Crippen molar-refractivity contribution in [2.45, 2.75) is 64.9 Å². The van der Waals surface area contributed by atoms with Gasteiger partial charge in [-0.1, -0.05) is 13.8 Å². The van der Waals surface area contributed by atoms with Crippen molar-refractivity contribution in [1.82, 2.24) is 5.32 Å². The van der Waals surface area contributed by atoms with Crippen LogP contribution in [0.5, 0.6) is 0 Å². The Balaban J connectivity index is 1.71. The summed E-state index contributed by atoms with van der Waals surface area (Å²) in [5, 5.41) is 2.79. The maximum absolute atomic E-state index is 12.9. The quantitative estimate of drug-likeness (QED) is 0.520. The number of rotatable bonds is 8. The monoisotopic (exact) mass is 414 g/mol. The predicted octanol–water partition coefficient (Wildman–Crippen LogP) is 3.43. The summed E-state index contributed by atoms with van der Waals surface area (Å²) in [6, 6.07) is 5.33. The maximum atomic E-state index is 12.9. The van der Waals surface area contributed by atoms with Crippen LogP contribution in [0.4, 0.5) is 10.5 Å². The molecule has 1 aliphatic carbocycles. The van der Waals surface area contributed by atoms with Crippen molar-refractivity contribution in [3.05, 3.63) is 29.3 Å². The number of benzene rings is 1. The SMILES string of the molecule is CCCC(=O)NC[C@H]1CN(c2ccc3c(c2)CCC[C@H](C(=O)CCC)C3=O)C(=O)O1. The van der Waals surface area contributed by atoms with Gasteiger partial charge in [0, 0.05) is 24.1 Å². The lowest BCUT2D eigenvalue weighted by atomic mass is 9.89. The molecule has 0 saturated carbocycles. The van der Waals surface area contributed by atoms with Crippen molar-refractivity contribution < 1.29 is 23.9 Å². The van der Waals surface area contributed by atoms with E-state index in [1.165, 1.54) is 4.90 Å². The maximum Gasteiger partial charge on any atom is 0.414 e. The summed E-state index contributed by atoms with van der Waals surface area (Å²) in [5.41, 5.74) is 2.13. The summed E-state index contributed by atoms with van der Waals surface area (Å²) in [7, 11) is 0. The first-order valence-corrected chi connectivity index (χ1v) is 10.9. The Bertz CT molecular complexity index is 835. The molecule has 0 aromatic heterocycles. The summed E-state index contributed by atoms with van der Waals surface area (Å²) in [6.45, 7) is 4.50. The van der Waals surface area contributed by atoms with Gasteiger partial charge in [-0.3, -0.25) is 19.3 Å². The van der Waals surface area contributed by atoms with E-state index >= 15 is 0 Å². The number of hydrogen-bond acceptors (Lipinski definition) is 5. The van der Waals surface area contributed by atoms with Gasteiger partial charge in [0.05, 0.1) is 19.0 Å². The molecule has 0 spiro atoms. The van der Waals surface area contributed by atoms with E-state index in [4.69, 9.17) is 4.74 Å². The van der Waals surface area contributed by atoms with Crippen LogP contribution in [-0.2, 0) is 20.7 Å². The van der Waals surface area contributed by atoms with Crippen LogP contribution in [0, 0.1) is 5.92 Å². The van der Waals surface area contributed by atoms with Crippen molar-refractivity contribution in [1.29, 1.82) is 0 Å². The zero-order valence-electron chi connectivity index (χ0n) is 17.7. The predicted molar refractivity (Wildman–Crippen MR) is 113 cm³/mol. The van der Waals surface area contributed by atoms with E-state index in [0.29, 0.717) is 43.5 Å². The molecular formula is C23H30N2O5. The van der Waals surface area contributed by atoms with Gasteiger partial charge in [-0.2, -0.15) is 0 Å². The van der Waals surface area contributed by atoms with E-state index in [1.807, 2.05) is 19.9 Å². The average molecular weight is 415 g/mol. The summed E-state index contributed by atoms with van der Waals surface area (Å²) >= 11 is 0. The molecule has 162 valence electrons. The molecule has 1 heterocycles. The first kappa shape index (κ1) is 22.0. The minimum atomic E-state index is -0.551. The molecule has 2 amide bonds. The standard InChI is InChI=1S/C23H30N2O5/c1-3-6-20(26)19-9-5-8-15-12-16(10-11-18(15)22(19)28)25-14-17(30-23(25)29)13-24-21(27)7-4-2/h10-12,17,19H,3-9,13-14H2,1-2H3,(H,24,27)/t17-,19+/m0/s1. The van der Waals surface area contributed by atoms with Crippen LogP contribution in [-0.4, -0.2) is 42.8 Å². The fraction of sp³-hybridized carbons (Fsp3) is 0.565. The van der Waals surface area contributed by atoms with Crippen molar-refractivity contribution >= 4 is 29.3 Å². The van der Waals surface area contributed by atoms with Crippen LogP contribution >= 0.6 is 0 Å². The fourth-order valence-corrected chi connectivity index (χ4v) is 4.12. The van der Waals surface area contributed by atoms with E-state index in [9.17, 15) is 19.2 Å². The number of anilines is 1. The molecule has 3 rings (SSSR count). The third-order valence-electron chi connectivity index (χ3n) is 5.68. The number of hydrogen-bond donors (Lipinski definition) is 1. The third-order valence-corrected chi connectivity index (χ3v) is 5.68. The zero-order chi connectivity index (χ0) is 21.7. The highest BCUT2D eigenvalue weighted by molar-refractivity contribution is 6.11. The van der Waals surface area contributed by atoms with Crippen LogP contribution in [0.25, 0.3) is 0 Å². The van der Waals surface area contributed by atoms with E-state index < -0.39 is 18.1 Å². The van der Waals surface area contributed by atoms with Crippen LogP contribution in [0.3, 0.4) is 0 Å². The van der Waals surface area contributed by atoms with Gasteiger partial charge in [-0.05, 0) is 55.9 Å². The van der Waals surface area contributed by atoms with Crippen LogP contribution in [0.1, 0.15) is 68.3 Å².